The maximum atomic E-state index is 13.0. The Morgan fingerprint density at radius 2 is 1.55 bits per heavy atom. The molecular formula is C26H27N5OS. The summed E-state index contributed by atoms with van der Waals surface area (Å²) in [5, 5.41) is 8.32. The molecule has 0 radical (unpaired) electrons. The standard InChI is InChI=1S/C26H27N5OS/c1-16-6-8-21(9-7-16)15-31-20(5)24(19(4)30-31)25(32)29-22-10-12-23(13-11-22)33-26-27-17(2)14-18(3)28-26/h6-14H,15H2,1-5H3,(H,29,32). The van der Waals surface area contributed by atoms with Gasteiger partial charge in [0, 0.05) is 27.7 Å². The van der Waals surface area contributed by atoms with E-state index in [1.807, 2.05) is 62.7 Å². The van der Waals surface area contributed by atoms with E-state index in [0.717, 1.165) is 44.1 Å². The van der Waals surface area contributed by atoms with Gasteiger partial charge in [0.2, 0.25) is 0 Å². The van der Waals surface area contributed by atoms with Crippen LogP contribution >= 0.6 is 11.8 Å². The van der Waals surface area contributed by atoms with Gasteiger partial charge in [-0.25, -0.2) is 9.97 Å². The molecule has 33 heavy (non-hydrogen) atoms. The largest absolute Gasteiger partial charge is 0.322 e. The Bertz CT molecular complexity index is 1270. The topological polar surface area (TPSA) is 72.7 Å². The van der Waals surface area contributed by atoms with Crippen LogP contribution in [-0.4, -0.2) is 25.7 Å². The molecule has 7 heteroatoms. The Kier molecular flexibility index (Phi) is 6.60. The van der Waals surface area contributed by atoms with E-state index >= 15 is 0 Å². The highest BCUT2D eigenvalue weighted by atomic mass is 32.2. The molecule has 168 valence electrons. The average molecular weight is 458 g/mol. The predicted octanol–water partition coefficient (Wildman–Crippen LogP) is 5.67. The molecule has 0 saturated heterocycles. The van der Waals surface area contributed by atoms with Crippen molar-refractivity contribution in [2.45, 2.75) is 51.2 Å². The van der Waals surface area contributed by atoms with Gasteiger partial charge < -0.3 is 5.32 Å². The lowest BCUT2D eigenvalue weighted by Crippen LogP contribution is -2.14. The zero-order chi connectivity index (χ0) is 23.5. The van der Waals surface area contributed by atoms with Gasteiger partial charge in [0.25, 0.3) is 5.91 Å². The lowest BCUT2D eigenvalue weighted by Gasteiger charge is -2.08. The van der Waals surface area contributed by atoms with Gasteiger partial charge in [-0.2, -0.15) is 5.10 Å². The number of aromatic nitrogens is 4. The van der Waals surface area contributed by atoms with Crippen LogP contribution in [0.25, 0.3) is 0 Å². The molecule has 2 aromatic carbocycles. The highest BCUT2D eigenvalue weighted by molar-refractivity contribution is 7.99. The van der Waals surface area contributed by atoms with Gasteiger partial charge >= 0.3 is 0 Å². The highest BCUT2D eigenvalue weighted by Crippen LogP contribution is 2.26. The second kappa shape index (κ2) is 9.58. The number of rotatable bonds is 6. The van der Waals surface area contributed by atoms with E-state index in [-0.39, 0.29) is 5.91 Å². The Labute approximate surface area is 198 Å². The summed E-state index contributed by atoms with van der Waals surface area (Å²) in [6, 6.07) is 18.0. The molecule has 0 aliphatic rings. The summed E-state index contributed by atoms with van der Waals surface area (Å²) in [4.78, 5) is 23.0. The van der Waals surface area contributed by atoms with Crippen LogP contribution in [-0.2, 0) is 6.54 Å². The number of nitrogens with one attached hydrogen (secondary N) is 1. The van der Waals surface area contributed by atoms with Crippen molar-refractivity contribution in [3.63, 3.8) is 0 Å². The van der Waals surface area contributed by atoms with Crippen LogP contribution in [0.2, 0.25) is 0 Å². The average Bonchev–Trinajstić information content (AvgIpc) is 3.03. The number of hydrogen-bond donors (Lipinski definition) is 1. The maximum Gasteiger partial charge on any atom is 0.259 e. The molecule has 0 unspecified atom stereocenters. The monoisotopic (exact) mass is 457 g/mol. The summed E-state index contributed by atoms with van der Waals surface area (Å²) < 4.78 is 1.89. The van der Waals surface area contributed by atoms with Gasteiger partial charge in [-0.3, -0.25) is 9.48 Å². The van der Waals surface area contributed by atoms with Gasteiger partial charge in [0.05, 0.1) is 17.8 Å². The second-order valence-corrected chi connectivity index (χ2v) is 9.24. The number of nitrogens with zero attached hydrogens (tertiary/aromatic N) is 4. The highest BCUT2D eigenvalue weighted by Gasteiger charge is 2.19. The first-order valence-electron chi connectivity index (χ1n) is 10.8. The number of benzene rings is 2. The summed E-state index contributed by atoms with van der Waals surface area (Å²) in [5.41, 5.74) is 7.18. The zero-order valence-electron chi connectivity index (χ0n) is 19.5. The number of carbonyl (C=O) groups is 1. The molecule has 0 atom stereocenters. The number of anilines is 1. The Morgan fingerprint density at radius 3 is 2.18 bits per heavy atom. The van der Waals surface area contributed by atoms with E-state index < -0.39 is 0 Å². The molecule has 0 spiro atoms. The van der Waals surface area contributed by atoms with E-state index in [1.54, 1.807) is 0 Å². The van der Waals surface area contributed by atoms with Gasteiger partial charge in [-0.1, -0.05) is 29.8 Å². The van der Waals surface area contributed by atoms with Crippen molar-refractivity contribution in [2.75, 3.05) is 5.32 Å². The maximum absolute atomic E-state index is 13.0. The van der Waals surface area contributed by atoms with E-state index in [2.05, 4.69) is 51.6 Å². The fourth-order valence-corrected chi connectivity index (χ4v) is 4.55. The number of amides is 1. The minimum absolute atomic E-state index is 0.154. The van der Waals surface area contributed by atoms with Crippen LogP contribution in [0, 0.1) is 34.6 Å². The third kappa shape index (κ3) is 5.49. The van der Waals surface area contributed by atoms with E-state index in [9.17, 15) is 4.79 Å². The molecule has 4 aromatic rings. The summed E-state index contributed by atoms with van der Waals surface area (Å²) >= 11 is 1.50. The summed E-state index contributed by atoms with van der Waals surface area (Å²) in [6.07, 6.45) is 0. The first kappa shape index (κ1) is 22.7. The SMILES string of the molecule is Cc1ccc(Cn2nc(C)c(C(=O)Nc3ccc(Sc4nc(C)cc(C)n4)cc3)c2C)cc1. The molecule has 0 aliphatic carbocycles. The van der Waals surface area contributed by atoms with Crippen LogP contribution in [0.4, 0.5) is 5.69 Å². The number of carbonyl (C=O) groups excluding carboxylic acids is 1. The molecule has 0 aliphatic heterocycles. The molecule has 0 fully saturated rings. The number of aryl methyl sites for hydroxylation is 4. The summed E-state index contributed by atoms with van der Waals surface area (Å²) in [6.45, 7) is 10.4. The molecule has 2 aromatic heterocycles. The fraction of sp³-hybridized carbons (Fsp3) is 0.231. The van der Waals surface area contributed by atoms with Crippen molar-refractivity contribution in [1.29, 1.82) is 0 Å². The van der Waals surface area contributed by atoms with Gasteiger partial charge in [-0.05, 0) is 82.3 Å². The third-order valence-corrected chi connectivity index (χ3v) is 6.22. The van der Waals surface area contributed by atoms with E-state index in [4.69, 9.17) is 0 Å². The predicted molar refractivity (Wildman–Crippen MR) is 132 cm³/mol. The first-order chi connectivity index (χ1) is 15.8. The molecule has 6 nitrogen and oxygen atoms in total. The smallest absolute Gasteiger partial charge is 0.259 e. The van der Waals surface area contributed by atoms with Crippen molar-refractivity contribution < 1.29 is 4.79 Å². The van der Waals surface area contributed by atoms with Crippen molar-refractivity contribution in [2.24, 2.45) is 0 Å². The second-order valence-electron chi connectivity index (χ2n) is 8.20. The van der Waals surface area contributed by atoms with Crippen LogP contribution in [0.5, 0.6) is 0 Å². The quantitative estimate of drug-likeness (QED) is 0.378. The summed E-state index contributed by atoms with van der Waals surface area (Å²) in [7, 11) is 0. The van der Waals surface area contributed by atoms with Crippen molar-refractivity contribution >= 4 is 23.4 Å². The molecule has 1 amide bonds. The van der Waals surface area contributed by atoms with Crippen molar-refractivity contribution in [3.05, 3.63) is 94.1 Å². The van der Waals surface area contributed by atoms with Crippen LogP contribution < -0.4 is 5.32 Å². The normalized spacial score (nSPS) is 10.9. The van der Waals surface area contributed by atoms with Crippen LogP contribution in [0.15, 0.2) is 64.6 Å². The summed E-state index contributed by atoms with van der Waals surface area (Å²) in [5.74, 6) is -0.154. The minimum atomic E-state index is -0.154. The minimum Gasteiger partial charge on any atom is -0.322 e. The molecule has 4 rings (SSSR count). The van der Waals surface area contributed by atoms with Gasteiger partial charge in [0.1, 0.15) is 0 Å². The van der Waals surface area contributed by atoms with Crippen molar-refractivity contribution in [1.82, 2.24) is 19.7 Å². The van der Waals surface area contributed by atoms with E-state index in [0.29, 0.717) is 12.1 Å². The van der Waals surface area contributed by atoms with E-state index in [1.165, 1.54) is 17.3 Å². The lowest BCUT2D eigenvalue weighted by molar-refractivity contribution is 0.102. The molecule has 0 saturated carbocycles. The Morgan fingerprint density at radius 1 is 0.909 bits per heavy atom. The molecule has 0 bridgehead atoms. The zero-order valence-corrected chi connectivity index (χ0v) is 20.3. The van der Waals surface area contributed by atoms with Crippen LogP contribution in [0.1, 0.15) is 44.3 Å². The van der Waals surface area contributed by atoms with Crippen LogP contribution in [0.3, 0.4) is 0 Å². The molecule has 1 N–H and O–H groups in total. The Hall–Kier alpha value is -3.45. The molecular weight excluding hydrogens is 430 g/mol. The Balaban J connectivity index is 1.45. The molecule has 2 heterocycles. The lowest BCUT2D eigenvalue weighted by atomic mass is 10.1. The first-order valence-corrected chi connectivity index (χ1v) is 11.6. The van der Waals surface area contributed by atoms with Gasteiger partial charge in [-0.15, -0.1) is 0 Å². The third-order valence-electron chi connectivity index (χ3n) is 5.34. The fourth-order valence-electron chi connectivity index (χ4n) is 3.69. The van der Waals surface area contributed by atoms with Gasteiger partial charge in [0.15, 0.2) is 5.16 Å². The van der Waals surface area contributed by atoms with Crippen molar-refractivity contribution in [3.8, 4) is 0 Å². The number of hydrogen-bond acceptors (Lipinski definition) is 5.